The Bertz CT molecular complexity index is 2970. The summed E-state index contributed by atoms with van der Waals surface area (Å²) >= 11 is 0. The van der Waals surface area contributed by atoms with Crippen molar-refractivity contribution in [2.24, 2.45) is 0 Å². The first kappa shape index (κ1) is 29.9. The number of para-hydroxylation sites is 3. The molecule has 0 radical (unpaired) electrons. The van der Waals surface area contributed by atoms with Crippen LogP contribution in [0.2, 0.25) is 0 Å². The highest BCUT2D eigenvalue weighted by Crippen LogP contribution is 2.50. The van der Waals surface area contributed by atoms with Crippen molar-refractivity contribution in [2.45, 2.75) is 52.4 Å². The Labute approximate surface area is 304 Å². The molecular formula is C48H39BN2O. The number of rotatable bonds is 1. The molecule has 0 fully saturated rings. The molecule has 0 amide bonds. The van der Waals surface area contributed by atoms with Crippen LogP contribution in [0.15, 0.2) is 132 Å². The average molecular weight is 671 g/mol. The van der Waals surface area contributed by atoms with Gasteiger partial charge in [0.25, 0.3) is 0 Å². The van der Waals surface area contributed by atoms with Crippen molar-refractivity contribution in [3.8, 4) is 11.1 Å². The molecule has 0 aliphatic carbocycles. The van der Waals surface area contributed by atoms with E-state index in [4.69, 9.17) is 4.42 Å². The van der Waals surface area contributed by atoms with Crippen LogP contribution >= 0.6 is 0 Å². The third-order valence-corrected chi connectivity index (χ3v) is 11.8. The molecule has 0 N–H and O–H groups in total. The summed E-state index contributed by atoms with van der Waals surface area (Å²) in [6.07, 6.45) is 0. The summed E-state index contributed by atoms with van der Waals surface area (Å²) in [5, 5.41) is 7.40. The molecule has 4 heteroatoms. The number of aromatic nitrogens is 1. The molecule has 4 heterocycles. The van der Waals surface area contributed by atoms with Crippen LogP contribution in [0.3, 0.4) is 0 Å². The Morgan fingerprint density at radius 1 is 0.538 bits per heavy atom. The summed E-state index contributed by atoms with van der Waals surface area (Å²) in [7, 11) is 0. The van der Waals surface area contributed by atoms with Crippen molar-refractivity contribution in [2.75, 3.05) is 4.90 Å². The first-order valence-electron chi connectivity index (χ1n) is 18.6. The lowest BCUT2D eigenvalue weighted by Crippen LogP contribution is -2.57. The molecule has 7 aromatic carbocycles. The van der Waals surface area contributed by atoms with Crippen LogP contribution in [-0.2, 0) is 10.8 Å². The minimum Gasteiger partial charge on any atom is -0.455 e. The quantitative estimate of drug-likeness (QED) is 0.162. The number of nitrogens with zero attached hydrogens (tertiary/aromatic N) is 2. The Balaban J connectivity index is 1.39. The lowest BCUT2D eigenvalue weighted by atomic mass is 9.44. The van der Waals surface area contributed by atoms with Crippen molar-refractivity contribution >= 4 is 89.4 Å². The predicted octanol–water partition coefficient (Wildman–Crippen LogP) is 11.9. The summed E-state index contributed by atoms with van der Waals surface area (Å²) in [6, 6.07) is 47.7. The van der Waals surface area contributed by atoms with Gasteiger partial charge in [-0.1, -0.05) is 133 Å². The fourth-order valence-electron chi connectivity index (χ4n) is 9.29. The maximum atomic E-state index is 6.96. The Hall–Kier alpha value is -5.74. The van der Waals surface area contributed by atoms with Crippen LogP contribution < -0.4 is 15.8 Å². The van der Waals surface area contributed by atoms with E-state index < -0.39 is 0 Å². The summed E-state index contributed by atoms with van der Waals surface area (Å²) in [5.41, 5.74) is 15.8. The zero-order chi connectivity index (χ0) is 35.3. The fraction of sp³-hybridized carbons (Fsp3) is 0.167. The third kappa shape index (κ3) is 3.87. The number of benzene rings is 7. The van der Waals surface area contributed by atoms with Gasteiger partial charge in [0.15, 0.2) is 0 Å². The van der Waals surface area contributed by atoms with Gasteiger partial charge in [-0.05, 0) is 80.1 Å². The van der Waals surface area contributed by atoms with Gasteiger partial charge in [0.05, 0.1) is 0 Å². The number of furan rings is 1. The monoisotopic (exact) mass is 670 g/mol. The van der Waals surface area contributed by atoms with Gasteiger partial charge in [-0.2, -0.15) is 0 Å². The highest BCUT2D eigenvalue weighted by atomic mass is 16.3. The van der Waals surface area contributed by atoms with Crippen molar-refractivity contribution in [3.05, 3.63) is 139 Å². The van der Waals surface area contributed by atoms with E-state index >= 15 is 0 Å². The van der Waals surface area contributed by atoms with Gasteiger partial charge >= 0.3 is 6.85 Å². The first-order chi connectivity index (χ1) is 25.1. The largest absolute Gasteiger partial charge is 0.455 e. The minimum absolute atomic E-state index is 0.0285. The smallest absolute Gasteiger partial charge is 0.333 e. The standard InChI is InChI=1S/C48H39BN2O/c1-47(2,3)29-24-30(48(4,5)6)26-31(25-29)50-39-23-22-28-14-7-8-15-32(28)43(39)49-44-40(50)27-37-34-17-10-12-21-41(34)52-46(37)42(44)36-19-13-18-35-33-16-9-11-20-38(33)51(49)45(35)36/h7-27H,1-6H3. The van der Waals surface area contributed by atoms with E-state index in [0.717, 1.165) is 21.9 Å². The summed E-state index contributed by atoms with van der Waals surface area (Å²) in [6.45, 7) is 13.9. The zero-order valence-corrected chi connectivity index (χ0v) is 30.5. The molecule has 250 valence electrons. The third-order valence-electron chi connectivity index (χ3n) is 11.8. The van der Waals surface area contributed by atoms with E-state index in [1.807, 2.05) is 0 Å². The first-order valence-corrected chi connectivity index (χ1v) is 18.6. The molecule has 0 saturated carbocycles. The van der Waals surface area contributed by atoms with Gasteiger partial charge in [0.1, 0.15) is 11.2 Å². The van der Waals surface area contributed by atoms with E-state index in [0.29, 0.717) is 0 Å². The molecule has 9 aromatic rings. The number of hydrogen-bond acceptors (Lipinski definition) is 2. The van der Waals surface area contributed by atoms with Crippen LogP contribution in [0.5, 0.6) is 0 Å². The predicted molar refractivity (Wildman–Crippen MR) is 222 cm³/mol. The van der Waals surface area contributed by atoms with Crippen LogP contribution in [0.25, 0.3) is 65.6 Å². The van der Waals surface area contributed by atoms with Crippen LogP contribution in [-0.4, -0.2) is 11.3 Å². The molecule has 11 rings (SSSR count). The van der Waals surface area contributed by atoms with E-state index in [1.165, 1.54) is 82.8 Å². The van der Waals surface area contributed by atoms with Gasteiger partial charge < -0.3 is 13.8 Å². The van der Waals surface area contributed by atoms with Gasteiger partial charge in [0, 0.05) is 60.8 Å². The molecule has 0 unspecified atom stereocenters. The van der Waals surface area contributed by atoms with Gasteiger partial charge in [-0.25, -0.2) is 0 Å². The second kappa shape index (κ2) is 9.98. The molecule has 2 aliphatic rings. The molecule has 2 aliphatic heterocycles. The molecule has 0 spiro atoms. The second-order valence-electron chi connectivity index (χ2n) is 17.0. The lowest BCUT2D eigenvalue weighted by molar-refractivity contribution is 0.569. The maximum absolute atomic E-state index is 6.96. The molecule has 3 nitrogen and oxygen atoms in total. The fourth-order valence-corrected chi connectivity index (χ4v) is 9.29. The summed E-state index contributed by atoms with van der Waals surface area (Å²) in [5.74, 6) is 0. The SMILES string of the molecule is CC(C)(C)c1cc(N2c3cc4c(oc5ccccc54)c4c3B(c3c2ccc2ccccc32)n2c3ccccc3c3cccc-4c32)cc(C(C)(C)C)c1. The maximum Gasteiger partial charge on any atom is 0.333 e. The van der Waals surface area contributed by atoms with Crippen molar-refractivity contribution in [1.82, 2.24) is 4.48 Å². The van der Waals surface area contributed by atoms with E-state index in [-0.39, 0.29) is 17.7 Å². The molecule has 0 bridgehead atoms. The summed E-state index contributed by atoms with van der Waals surface area (Å²) < 4.78 is 9.61. The molecule has 0 saturated heterocycles. The Morgan fingerprint density at radius 3 is 1.98 bits per heavy atom. The number of hydrogen-bond donors (Lipinski definition) is 0. The van der Waals surface area contributed by atoms with Gasteiger partial charge in [-0.15, -0.1) is 0 Å². The Kier molecular flexibility index (Phi) is 5.75. The number of fused-ring (bicyclic) bond motifs is 13. The molecule has 52 heavy (non-hydrogen) atoms. The van der Waals surface area contributed by atoms with Gasteiger partial charge in [0.2, 0.25) is 0 Å². The van der Waals surface area contributed by atoms with Gasteiger partial charge in [-0.3, -0.25) is 0 Å². The molecular weight excluding hydrogens is 631 g/mol. The highest BCUT2D eigenvalue weighted by molar-refractivity contribution is 6.92. The van der Waals surface area contributed by atoms with Crippen molar-refractivity contribution in [3.63, 3.8) is 0 Å². The lowest BCUT2D eigenvalue weighted by Gasteiger charge is -2.41. The molecule has 2 aromatic heterocycles. The zero-order valence-electron chi connectivity index (χ0n) is 30.5. The van der Waals surface area contributed by atoms with Crippen molar-refractivity contribution < 1.29 is 4.42 Å². The summed E-state index contributed by atoms with van der Waals surface area (Å²) in [4.78, 5) is 2.58. The average Bonchev–Trinajstić information content (AvgIpc) is 3.68. The topological polar surface area (TPSA) is 21.3 Å². The van der Waals surface area contributed by atoms with Crippen molar-refractivity contribution in [1.29, 1.82) is 0 Å². The highest BCUT2D eigenvalue weighted by Gasteiger charge is 2.45. The van der Waals surface area contributed by atoms with E-state index in [1.54, 1.807) is 0 Å². The number of anilines is 3. The second-order valence-corrected chi connectivity index (χ2v) is 17.0. The Morgan fingerprint density at radius 2 is 1.21 bits per heavy atom. The van der Waals surface area contributed by atoms with Crippen LogP contribution in [0.1, 0.15) is 52.7 Å². The minimum atomic E-state index is -0.0647. The van der Waals surface area contributed by atoms with E-state index in [9.17, 15) is 0 Å². The van der Waals surface area contributed by atoms with Crippen LogP contribution in [0.4, 0.5) is 17.1 Å². The van der Waals surface area contributed by atoms with Crippen LogP contribution in [0, 0.1) is 0 Å². The van der Waals surface area contributed by atoms with E-state index in [2.05, 4.69) is 178 Å². The molecule has 0 atom stereocenters. The normalized spacial score (nSPS) is 13.9.